The smallest absolute Gasteiger partial charge is 0.265 e. The molecule has 0 bridgehead atoms. The zero-order valence-corrected chi connectivity index (χ0v) is 13.5. The van der Waals surface area contributed by atoms with Gasteiger partial charge in [-0.1, -0.05) is 6.92 Å². The molecule has 1 N–H and O–H groups in total. The molecule has 0 amide bonds. The largest absolute Gasteiger partial charge is 0.492 e. The Morgan fingerprint density at radius 2 is 1.85 bits per heavy atom. The van der Waals surface area contributed by atoms with Gasteiger partial charge in [0.05, 0.1) is 18.0 Å². The highest BCUT2D eigenvalue weighted by atomic mass is 35.7. The average molecular weight is 342 g/mol. The van der Waals surface area contributed by atoms with E-state index in [1.165, 1.54) is 12.1 Å². The van der Waals surface area contributed by atoms with Crippen molar-refractivity contribution in [2.24, 2.45) is 0 Å². The number of rotatable bonds is 7. The third kappa shape index (κ3) is 4.84. The van der Waals surface area contributed by atoms with Crippen molar-refractivity contribution in [3.63, 3.8) is 0 Å². The summed E-state index contributed by atoms with van der Waals surface area (Å²) in [5.41, 5.74) is 0.126. The first kappa shape index (κ1) is 17.1. The van der Waals surface area contributed by atoms with Crippen LogP contribution in [0.1, 0.15) is 20.3 Å². The van der Waals surface area contributed by atoms with Gasteiger partial charge >= 0.3 is 0 Å². The van der Waals surface area contributed by atoms with E-state index in [2.05, 4.69) is 4.72 Å². The van der Waals surface area contributed by atoms with E-state index >= 15 is 0 Å². The van der Waals surface area contributed by atoms with Crippen LogP contribution in [-0.4, -0.2) is 29.2 Å². The average Bonchev–Trinajstić information content (AvgIpc) is 2.29. The van der Waals surface area contributed by atoms with Crippen LogP contribution < -0.4 is 9.46 Å². The Bertz CT molecular complexity index is 670. The predicted octanol–water partition coefficient (Wildman–Crippen LogP) is 2.16. The summed E-state index contributed by atoms with van der Waals surface area (Å²) in [7, 11) is -2.22. The zero-order valence-electron chi connectivity index (χ0n) is 11.1. The van der Waals surface area contributed by atoms with Gasteiger partial charge < -0.3 is 4.74 Å². The van der Waals surface area contributed by atoms with Gasteiger partial charge in [-0.15, -0.1) is 0 Å². The Hall–Kier alpha value is -0.990. The number of halogens is 1. The van der Waals surface area contributed by atoms with Gasteiger partial charge in [0.15, 0.2) is 0 Å². The molecule has 0 unspecified atom stereocenters. The van der Waals surface area contributed by atoms with Gasteiger partial charge in [-0.2, -0.15) is 0 Å². The van der Waals surface area contributed by atoms with Crippen LogP contribution in [-0.2, 0) is 19.1 Å². The number of ether oxygens (including phenoxy) is 1. The summed E-state index contributed by atoms with van der Waals surface area (Å²) in [6.45, 7) is 3.69. The first-order valence-corrected chi connectivity index (χ1v) is 9.87. The molecule has 0 fully saturated rings. The third-order valence-electron chi connectivity index (χ3n) is 2.25. The zero-order chi connectivity index (χ0) is 15.4. The Labute approximate surface area is 123 Å². The van der Waals surface area contributed by atoms with E-state index in [1.807, 2.05) is 0 Å². The molecule has 0 heterocycles. The summed E-state index contributed by atoms with van der Waals surface area (Å²) in [6, 6.07) is 3.92. The molecule has 1 aromatic rings. The van der Waals surface area contributed by atoms with Crippen LogP contribution >= 0.6 is 10.7 Å². The number of hydrogen-bond donors (Lipinski definition) is 1. The van der Waals surface area contributed by atoms with Crippen molar-refractivity contribution in [3.05, 3.63) is 18.2 Å². The second kappa shape index (κ2) is 6.64. The van der Waals surface area contributed by atoms with Crippen LogP contribution in [0.2, 0.25) is 0 Å². The van der Waals surface area contributed by atoms with Crippen molar-refractivity contribution >= 4 is 35.4 Å². The van der Waals surface area contributed by atoms with Crippen LogP contribution in [0.4, 0.5) is 5.69 Å². The minimum Gasteiger partial charge on any atom is -0.492 e. The summed E-state index contributed by atoms with van der Waals surface area (Å²) in [6.07, 6.45) is 0.451. The van der Waals surface area contributed by atoms with Crippen molar-refractivity contribution < 1.29 is 21.6 Å². The maximum atomic E-state index is 11.6. The lowest BCUT2D eigenvalue weighted by Crippen LogP contribution is -2.16. The summed E-state index contributed by atoms with van der Waals surface area (Å²) < 4.78 is 53.7. The van der Waals surface area contributed by atoms with Gasteiger partial charge in [0, 0.05) is 10.7 Å². The Morgan fingerprint density at radius 3 is 2.35 bits per heavy atom. The third-order valence-corrected chi connectivity index (χ3v) is 5.09. The van der Waals surface area contributed by atoms with E-state index in [0.717, 1.165) is 6.07 Å². The fraction of sp³-hybridized carbons (Fsp3) is 0.455. The van der Waals surface area contributed by atoms with Gasteiger partial charge in [-0.25, -0.2) is 16.8 Å². The van der Waals surface area contributed by atoms with Crippen molar-refractivity contribution in [2.45, 2.75) is 25.2 Å². The highest BCUT2D eigenvalue weighted by Gasteiger charge is 2.19. The highest BCUT2D eigenvalue weighted by molar-refractivity contribution is 8.13. The fourth-order valence-corrected chi connectivity index (χ4v) is 3.66. The van der Waals surface area contributed by atoms with Crippen LogP contribution in [0.3, 0.4) is 0 Å². The minimum absolute atomic E-state index is 0.0524. The van der Waals surface area contributed by atoms with E-state index in [1.54, 1.807) is 13.8 Å². The molecule has 0 aliphatic rings. The highest BCUT2D eigenvalue weighted by Crippen LogP contribution is 2.30. The SMILES string of the molecule is CCCS(=O)(=O)Nc1ccc(OCC)c(S(=O)(=O)Cl)c1. The molecule has 6 nitrogen and oxygen atoms in total. The van der Waals surface area contributed by atoms with Crippen molar-refractivity contribution in [1.82, 2.24) is 0 Å². The lowest BCUT2D eigenvalue weighted by molar-refractivity contribution is 0.331. The van der Waals surface area contributed by atoms with Crippen LogP contribution in [0, 0.1) is 0 Å². The summed E-state index contributed by atoms with van der Waals surface area (Å²) in [5.74, 6) is 0.0318. The minimum atomic E-state index is -4.03. The van der Waals surface area contributed by atoms with E-state index in [0.29, 0.717) is 6.42 Å². The van der Waals surface area contributed by atoms with Crippen molar-refractivity contribution in [3.8, 4) is 5.75 Å². The molecule has 114 valence electrons. The lowest BCUT2D eigenvalue weighted by Gasteiger charge is -2.11. The van der Waals surface area contributed by atoms with Crippen molar-refractivity contribution in [1.29, 1.82) is 0 Å². The van der Waals surface area contributed by atoms with Crippen LogP contribution in [0.25, 0.3) is 0 Å². The molecule has 0 atom stereocenters. The Balaban J connectivity index is 3.20. The second-order valence-electron chi connectivity index (χ2n) is 3.95. The van der Waals surface area contributed by atoms with E-state index in [9.17, 15) is 16.8 Å². The molecule has 0 aliphatic carbocycles. The number of anilines is 1. The van der Waals surface area contributed by atoms with Gasteiger partial charge in [0.1, 0.15) is 10.6 Å². The standard InChI is InChI=1S/C11H16ClNO5S2/c1-3-7-19(14,15)13-9-5-6-10(18-4-2)11(8-9)20(12,16)17/h5-6,8,13H,3-4,7H2,1-2H3. The predicted molar refractivity (Wildman–Crippen MR) is 78.4 cm³/mol. The summed E-state index contributed by atoms with van der Waals surface area (Å²) in [4.78, 5) is -0.266. The molecule has 0 saturated heterocycles. The summed E-state index contributed by atoms with van der Waals surface area (Å²) >= 11 is 0. The molecule has 9 heteroatoms. The second-order valence-corrected chi connectivity index (χ2v) is 8.33. The summed E-state index contributed by atoms with van der Waals surface area (Å²) in [5, 5.41) is 0. The number of benzene rings is 1. The maximum absolute atomic E-state index is 11.6. The molecule has 0 spiro atoms. The Kier molecular flexibility index (Phi) is 5.67. The molecule has 0 aliphatic heterocycles. The first-order chi connectivity index (χ1) is 9.19. The lowest BCUT2D eigenvalue weighted by atomic mass is 10.3. The molecular weight excluding hydrogens is 326 g/mol. The monoisotopic (exact) mass is 341 g/mol. The number of sulfonamides is 1. The molecule has 1 aromatic carbocycles. The van der Waals surface area contributed by atoms with E-state index in [4.69, 9.17) is 15.4 Å². The quantitative estimate of drug-likeness (QED) is 0.767. The normalized spacial score (nSPS) is 12.2. The molecule has 0 saturated carbocycles. The Morgan fingerprint density at radius 1 is 1.20 bits per heavy atom. The topological polar surface area (TPSA) is 89.5 Å². The molecular formula is C11H16ClNO5S2. The van der Waals surface area contributed by atoms with Crippen LogP contribution in [0.5, 0.6) is 5.75 Å². The van der Waals surface area contributed by atoms with Crippen molar-refractivity contribution in [2.75, 3.05) is 17.1 Å². The first-order valence-electron chi connectivity index (χ1n) is 5.91. The van der Waals surface area contributed by atoms with E-state index < -0.39 is 19.1 Å². The van der Waals surface area contributed by atoms with Gasteiger partial charge in [-0.05, 0) is 31.5 Å². The van der Waals surface area contributed by atoms with Gasteiger partial charge in [0.25, 0.3) is 9.05 Å². The number of hydrogen-bond acceptors (Lipinski definition) is 5. The molecule has 1 rings (SSSR count). The van der Waals surface area contributed by atoms with Gasteiger partial charge in [-0.3, -0.25) is 4.72 Å². The fourth-order valence-electron chi connectivity index (χ4n) is 1.54. The van der Waals surface area contributed by atoms with Gasteiger partial charge in [0.2, 0.25) is 10.0 Å². The molecule has 0 radical (unpaired) electrons. The molecule has 20 heavy (non-hydrogen) atoms. The maximum Gasteiger partial charge on any atom is 0.265 e. The molecule has 0 aromatic heterocycles. The van der Waals surface area contributed by atoms with Crippen LogP contribution in [0.15, 0.2) is 23.1 Å². The number of nitrogens with one attached hydrogen (secondary N) is 1. The van der Waals surface area contributed by atoms with E-state index in [-0.39, 0.29) is 28.7 Å².